The summed E-state index contributed by atoms with van der Waals surface area (Å²) in [5, 5.41) is 14.4. The Morgan fingerprint density at radius 3 is 2.00 bits per heavy atom. The van der Waals surface area contributed by atoms with Gasteiger partial charge in [0.1, 0.15) is 5.41 Å². The van der Waals surface area contributed by atoms with Crippen LogP contribution in [0.5, 0.6) is 0 Å². The largest absolute Gasteiger partial charge is 0.325 e. The molecule has 2 aromatic rings. The van der Waals surface area contributed by atoms with Crippen LogP contribution < -0.4 is 10.6 Å². The Bertz CT molecular complexity index is 875. The summed E-state index contributed by atoms with van der Waals surface area (Å²) in [4.78, 5) is 25.2. The molecule has 5 nitrogen and oxygen atoms in total. The van der Waals surface area contributed by atoms with E-state index >= 15 is 0 Å². The molecule has 2 N–H and O–H groups in total. The van der Waals surface area contributed by atoms with Crippen LogP contribution in [-0.2, 0) is 9.59 Å². The van der Waals surface area contributed by atoms with Crippen molar-refractivity contribution in [3.63, 3.8) is 0 Å². The fraction of sp³-hybridized carbons (Fsp3) is 0.250. The van der Waals surface area contributed by atoms with Crippen LogP contribution in [0, 0.1) is 30.6 Å². The summed E-state index contributed by atoms with van der Waals surface area (Å²) in [6, 6.07) is 14.3. The summed E-state index contributed by atoms with van der Waals surface area (Å²) in [6.07, 6.45) is 1.07. The summed E-state index contributed by atoms with van der Waals surface area (Å²) in [7, 11) is 0. The van der Waals surface area contributed by atoms with Gasteiger partial charge in [-0.25, -0.2) is 0 Å². The SMILES string of the molecule is Cc1ccc(NC(=O)C2(C(=O)Nc3ccc(C#N)cc3)CC2)cc1C. The van der Waals surface area contributed by atoms with Crippen molar-refractivity contribution in [3.8, 4) is 6.07 Å². The third kappa shape index (κ3) is 3.38. The number of rotatable bonds is 4. The number of anilines is 2. The minimum absolute atomic E-state index is 0.276. The highest BCUT2D eigenvalue weighted by atomic mass is 16.2. The summed E-state index contributed by atoms with van der Waals surface area (Å²) < 4.78 is 0. The fourth-order valence-corrected chi connectivity index (χ4v) is 2.63. The summed E-state index contributed by atoms with van der Waals surface area (Å²) in [5.74, 6) is -0.583. The molecule has 0 aromatic heterocycles. The van der Waals surface area contributed by atoms with E-state index in [9.17, 15) is 9.59 Å². The van der Waals surface area contributed by atoms with E-state index in [0.717, 1.165) is 11.1 Å². The molecule has 1 saturated carbocycles. The van der Waals surface area contributed by atoms with Crippen molar-refractivity contribution in [2.45, 2.75) is 26.7 Å². The zero-order valence-corrected chi connectivity index (χ0v) is 14.2. The minimum Gasteiger partial charge on any atom is -0.325 e. The van der Waals surface area contributed by atoms with Crippen molar-refractivity contribution in [2.75, 3.05) is 10.6 Å². The second-order valence-electron chi connectivity index (χ2n) is 6.48. The van der Waals surface area contributed by atoms with Gasteiger partial charge in [0.2, 0.25) is 11.8 Å². The Hall–Kier alpha value is -3.13. The normalized spacial score (nSPS) is 14.3. The molecule has 0 heterocycles. The highest BCUT2D eigenvalue weighted by Gasteiger charge is 2.56. The molecule has 0 saturated heterocycles. The molecular weight excluding hydrogens is 314 g/mol. The van der Waals surface area contributed by atoms with Gasteiger partial charge in [-0.3, -0.25) is 9.59 Å². The first-order chi connectivity index (χ1) is 11.9. The van der Waals surface area contributed by atoms with Crippen LogP contribution in [0.25, 0.3) is 0 Å². The van der Waals surface area contributed by atoms with Gasteiger partial charge < -0.3 is 10.6 Å². The number of benzene rings is 2. The predicted molar refractivity (Wildman–Crippen MR) is 96.0 cm³/mol. The van der Waals surface area contributed by atoms with E-state index in [1.807, 2.05) is 38.1 Å². The van der Waals surface area contributed by atoms with Crippen molar-refractivity contribution < 1.29 is 9.59 Å². The maximum absolute atomic E-state index is 12.6. The monoisotopic (exact) mass is 333 g/mol. The maximum Gasteiger partial charge on any atom is 0.240 e. The number of carbonyl (C=O) groups is 2. The number of hydrogen-bond donors (Lipinski definition) is 2. The minimum atomic E-state index is -1.01. The van der Waals surface area contributed by atoms with Crippen molar-refractivity contribution in [1.82, 2.24) is 0 Å². The smallest absolute Gasteiger partial charge is 0.240 e. The molecule has 0 atom stereocenters. The average Bonchev–Trinajstić information content (AvgIpc) is 3.41. The first-order valence-electron chi connectivity index (χ1n) is 8.15. The lowest BCUT2D eigenvalue weighted by molar-refractivity contribution is -0.131. The van der Waals surface area contributed by atoms with E-state index in [2.05, 4.69) is 10.6 Å². The number of nitriles is 1. The maximum atomic E-state index is 12.6. The van der Waals surface area contributed by atoms with E-state index in [1.54, 1.807) is 24.3 Å². The zero-order chi connectivity index (χ0) is 18.0. The lowest BCUT2D eigenvalue weighted by Gasteiger charge is -2.16. The Kier molecular flexibility index (Phi) is 4.28. The van der Waals surface area contributed by atoms with Crippen LogP contribution in [0.3, 0.4) is 0 Å². The topological polar surface area (TPSA) is 82.0 Å². The van der Waals surface area contributed by atoms with Gasteiger partial charge in [0.25, 0.3) is 0 Å². The fourth-order valence-electron chi connectivity index (χ4n) is 2.63. The van der Waals surface area contributed by atoms with Gasteiger partial charge >= 0.3 is 0 Å². The Balaban J connectivity index is 1.69. The van der Waals surface area contributed by atoms with Crippen molar-refractivity contribution in [3.05, 3.63) is 59.2 Å². The molecule has 126 valence electrons. The van der Waals surface area contributed by atoms with Crippen molar-refractivity contribution >= 4 is 23.2 Å². The molecule has 1 aliphatic rings. The quantitative estimate of drug-likeness (QED) is 0.840. The number of nitrogens with one attached hydrogen (secondary N) is 2. The Morgan fingerprint density at radius 1 is 0.920 bits per heavy atom. The number of carbonyl (C=O) groups excluding carboxylic acids is 2. The molecule has 0 radical (unpaired) electrons. The van der Waals surface area contributed by atoms with Gasteiger partial charge in [0.15, 0.2) is 0 Å². The van der Waals surface area contributed by atoms with Crippen molar-refractivity contribution in [2.24, 2.45) is 5.41 Å². The molecule has 1 fully saturated rings. The van der Waals surface area contributed by atoms with Crippen LogP contribution in [0.1, 0.15) is 29.5 Å². The molecule has 5 heteroatoms. The van der Waals surface area contributed by atoms with Gasteiger partial charge in [0, 0.05) is 11.4 Å². The molecule has 1 aliphatic carbocycles. The van der Waals surface area contributed by atoms with Gasteiger partial charge in [-0.1, -0.05) is 6.07 Å². The number of nitrogens with zero attached hydrogens (tertiary/aromatic N) is 1. The van der Waals surface area contributed by atoms with Crippen LogP contribution in [-0.4, -0.2) is 11.8 Å². The van der Waals surface area contributed by atoms with E-state index in [1.165, 1.54) is 0 Å². The van der Waals surface area contributed by atoms with Gasteiger partial charge in [-0.05, 0) is 74.2 Å². The third-order valence-electron chi connectivity index (χ3n) is 4.66. The van der Waals surface area contributed by atoms with E-state index in [4.69, 9.17) is 5.26 Å². The number of amides is 2. The summed E-state index contributed by atoms with van der Waals surface area (Å²) in [6.45, 7) is 3.99. The van der Waals surface area contributed by atoms with Gasteiger partial charge in [-0.2, -0.15) is 5.26 Å². The lowest BCUT2D eigenvalue weighted by Crippen LogP contribution is -2.35. The number of hydrogen-bond acceptors (Lipinski definition) is 3. The number of aryl methyl sites for hydroxylation is 2. The van der Waals surface area contributed by atoms with E-state index < -0.39 is 5.41 Å². The molecule has 0 bridgehead atoms. The molecular formula is C20H19N3O2. The van der Waals surface area contributed by atoms with Gasteiger partial charge in [-0.15, -0.1) is 0 Å². The van der Waals surface area contributed by atoms with E-state index in [0.29, 0.717) is 29.8 Å². The lowest BCUT2D eigenvalue weighted by atomic mass is 10.0. The molecule has 0 spiro atoms. The van der Waals surface area contributed by atoms with Crippen LogP contribution in [0.15, 0.2) is 42.5 Å². The Morgan fingerprint density at radius 2 is 1.48 bits per heavy atom. The average molecular weight is 333 g/mol. The summed E-state index contributed by atoms with van der Waals surface area (Å²) in [5.41, 5.74) is 3.03. The molecule has 0 aliphatic heterocycles. The predicted octanol–water partition coefficient (Wildman–Crippen LogP) is 3.53. The van der Waals surface area contributed by atoms with Crippen molar-refractivity contribution in [1.29, 1.82) is 5.26 Å². The highest BCUT2D eigenvalue weighted by molar-refractivity contribution is 6.16. The van der Waals surface area contributed by atoms with Crippen LogP contribution >= 0.6 is 0 Å². The van der Waals surface area contributed by atoms with E-state index in [-0.39, 0.29) is 11.8 Å². The molecule has 2 aromatic carbocycles. The molecule has 25 heavy (non-hydrogen) atoms. The second kappa shape index (κ2) is 6.40. The highest BCUT2D eigenvalue weighted by Crippen LogP contribution is 2.47. The first kappa shape index (κ1) is 16.7. The summed E-state index contributed by atoms with van der Waals surface area (Å²) >= 11 is 0. The van der Waals surface area contributed by atoms with Crippen LogP contribution in [0.4, 0.5) is 11.4 Å². The first-order valence-corrected chi connectivity index (χ1v) is 8.15. The third-order valence-corrected chi connectivity index (χ3v) is 4.66. The standard InChI is InChI=1S/C20H19N3O2/c1-13-3-6-17(11-14(13)2)23-19(25)20(9-10-20)18(24)22-16-7-4-15(12-21)5-8-16/h3-8,11H,9-10H2,1-2H3,(H,22,24)(H,23,25). The second-order valence-corrected chi connectivity index (χ2v) is 6.48. The zero-order valence-electron chi connectivity index (χ0n) is 14.2. The van der Waals surface area contributed by atoms with Gasteiger partial charge in [0.05, 0.1) is 11.6 Å². The molecule has 3 rings (SSSR count). The molecule has 2 amide bonds. The molecule has 0 unspecified atom stereocenters. The Labute approximate surface area is 146 Å². The van der Waals surface area contributed by atoms with Crippen LogP contribution in [0.2, 0.25) is 0 Å².